The van der Waals surface area contributed by atoms with Crippen molar-refractivity contribution >= 4 is 23.2 Å². The average Bonchev–Trinajstić information content (AvgIpc) is 2.77. The van der Waals surface area contributed by atoms with E-state index in [1.54, 1.807) is 24.0 Å². The van der Waals surface area contributed by atoms with Crippen LogP contribution in [-0.2, 0) is 11.3 Å². The number of carbonyl (C=O) groups is 1. The molecular formula is C13H14ClN3O. The minimum Gasteiger partial charge on any atom is -0.322 e. The summed E-state index contributed by atoms with van der Waals surface area (Å²) in [5.74, 6) is -0.226. The van der Waals surface area contributed by atoms with Gasteiger partial charge in [0.05, 0.1) is 18.4 Å². The summed E-state index contributed by atoms with van der Waals surface area (Å²) < 4.78 is 1.77. The predicted molar refractivity (Wildman–Crippen MR) is 71.7 cm³/mol. The maximum Gasteiger partial charge on any atom is 0.242 e. The van der Waals surface area contributed by atoms with Crippen molar-refractivity contribution < 1.29 is 4.79 Å². The minimum atomic E-state index is -0.553. The van der Waals surface area contributed by atoms with Gasteiger partial charge < -0.3 is 5.32 Å². The summed E-state index contributed by atoms with van der Waals surface area (Å²) in [6.45, 7) is 2.30. The van der Waals surface area contributed by atoms with E-state index in [0.29, 0.717) is 12.2 Å². The van der Waals surface area contributed by atoms with E-state index < -0.39 is 5.38 Å². The van der Waals surface area contributed by atoms with Gasteiger partial charge in [-0.2, -0.15) is 5.10 Å². The van der Waals surface area contributed by atoms with Crippen molar-refractivity contribution in [3.05, 3.63) is 48.3 Å². The van der Waals surface area contributed by atoms with Crippen LogP contribution in [0.2, 0.25) is 0 Å². The molecule has 0 aliphatic carbocycles. The smallest absolute Gasteiger partial charge is 0.242 e. The third kappa shape index (κ3) is 3.34. The molecule has 0 saturated carbocycles. The lowest BCUT2D eigenvalue weighted by atomic mass is 10.2. The second-order valence-electron chi connectivity index (χ2n) is 4.02. The maximum atomic E-state index is 11.4. The van der Waals surface area contributed by atoms with Gasteiger partial charge >= 0.3 is 0 Å². The molecule has 0 bridgehead atoms. The first-order valence-electron chi connectivity index (χ1n) is 5.66. The van der Waals surface area contributed by atoms with Crippen LogP contribution in [0.1, 0.15) is 12.5 Å². The van der Waals surface area contributed by atoms with Gasteiger partial charge in [-0.05, 0) is 12.5 Å². The van der Waals surface area contributed by atoms with E-state index in [2.05, 4.69) is 10.4 Å². The van der Waals surface area contributed by atoms with E-state index in [1.807, 2.05) is 30.3 Å². The number of benzene rings is 1. The van der Waals surface area contributed by atoms with Gasteiger partial charge in [0.15, 0.2) is 0 Å². The highest BCUT2D eigenvalue weighted by Gasteiger charge is 2.10. The normalized spacial score (nSPS) is 12.1. The lowest BCUT2D eigenvalue weighted by Gasteiger charge is -2.03. The molecular weight excluding hydrogens is 250 g/mol. The number of anilines is 1. The highest BCUT2D eigenvalue weighted by Crippen LogP contribution is 2.09. The molecule has 2 aromatic rings. The van der Waals surface area contributed by atoms with Crippen molar-refractivity contribution in [1.29, 1.82) is 0 Å². The molecule has 0 fully saturated rings. The van der Waals surface area contributed by atoms with Crippen LogP contribution in [0, 0.1) is 0 Å². The maximum absolute atomic E-state index is 11.4. The number of rotatable bonds is 4. The first-order chi connectivity index (χ1) is 8.65. The van der Waals surface area contributed by atoms with Gasteiger partial charge in [0.25, 0.3) is 0 Å². The molecule has 1 unspecified atom stereocenters. The molecule has 0 radical (unpaired) electrons. The molecule has 0 aliphatic rings. The van der Waals surface area contributed by atoms with Crippen molar-refractivity contribution in [2.45, 2.75) is 18.8 Å². The molecule has 5 heteroatoms. The lowest BCUT2D eigenvalue weighted by Crippen LogP contribution is -2.19. The zero-order valence-corrected chi connectivity index (χ0v) is 10.8. The highest BCUT2D eigenvalue weighted by atomic mass is 35.5. The number of nitrogens with zero attached hydrogens (tertiary/aromatic N) is 2. The van der Waals surface area contributed by atoms with Crippen molar-refractivity contribution in [3.63, 3.8) is 0 Å². The standard InChI is InChI=1S/C13H14ClN3O/c1-10(14)13(18)16-12-7-15-17(9-12)8-11-5-3-2-4-6-11/h2-7,9-10H,8H2,1H3,(H,16,18). The summed E-state index contributed by atoms with van der Waals surface area (Å²) in [6.07, 6.45) is 3.39. The number of aromatic nitrogens is 2. The van der Waals surface area contributed by atoms with E-state index in [0.717, 1.165) is 5.56 Å². The Kier molecular flexibility index (Phi) is 3.99. The van der Waals surface area contributed by atoms with Crippen molar-refractivity contribution in [1.82, 2.24) is 9.78 Å². The molecule has 18 heavy (non-hydrogen) atoms. The molecule has 1 amide bonds. The quantitative estimate of drug-likeness (QED) is 0.862. The Bertz CT molecular complexity index is 522. The van der Waals surface area contributed by atoms with Crippen LogP contribution in [0.5, 0.6) is 0 Å². The summed E-state index contributed by atoms with van der Waals surface area (Å²) in [5, 5.41) is 6.32. The molecule has 94 valence electrons. The Morgan fingerprint density at radius 2 is 2.17 bits per heavy atom. The highest BCUT2D eigenvalue weighted by molar-refractivity contribution is 6.32. The Morgan fingerprint density at radius 3 is 2.83 bits per heavy atom. The van der Waals surface area contributed by atoms with Gasteiger partial charge in [-0.3, -0.25) is 9.48 Å². The molecule has 1 atom stereocenters. The number of carbonyl (C=O) groups excluding carboxylic acids is 1. The van der Waals surface area contributed by atoms with E-state index in [-0.39, 0.29) is 5.91 Å². The molecule has 1 aromatic heterocycles. The average molecular weight is 264 g/mol. The minimum absolute atomic E-state index is 0.226. The van der Waals surface area contributed by atoms with Crippen LogP contribution in [0.3, 0.4) is 0 Å². The van der Waals surface area contributed by atoms with Gasteiger partial charge in [-0.25, -0.2) is 0 Å². The van der Waals surface area contributed by atoms with Crippen LogP contribution in [-0.4, -0.2) is 21.1 Å². The number of hydrogen-bond donors (Lipinski definition) is 1. The van der Waals surface area contributed by atoms with E-state index in [9.17, 15) is 4.79 Å². The van der Waals surface area contributed by atoms with Crippen LogP contribution in [0.15, 0.2) is 42.7 Å². The second kappa shape index (κ2) is 5.69. The molecule has 1 N–H and O–H groups in total. The van der Waals surface area contributed by atoms with Crippen molar-refractivity contribution in [3.8, 4) is 0 Å². The molecule has 2 rings (SSSR count). The van der Waals surface area contributed by atoms with Crippen molar-refractivity contribution in [2.24, 2.45) is 0 Å². The fourth-order valence-electron chi connectivity index (χ4n) is 1.53. The molecule has 0 aliphatic heterocycles. The topological polar surface area (TPSA) is 46.9 Å². The first-order valence-corrected chi connectivity index (χ1v) is 6.10. The number of nitrogens with one attached hydrogen (secondary N) is 1. The third-order valence-corrected chi connectivity index (χ3v) is 2.65. The van der Waals surface area contributed by atoms with Crippen molar-refractivity contribution in [2.75, 3.05) is 5.32 Å². The van der Waals surface area contributed by atoms with Gasteiger partial charge in [0, 0.05) is 6.20 Å². The summed E-state index contributed by atoms with van der Waals surface area (Å²) in [5.41, 5.74) is 1.81. The molecule has 4 nitrogen and oxygen atoms in total. The van der Waals surface area contributed by atoms with Crippen LogP contribution < -0.4 is 5.32 Å². The Labute approximate surface area is 111 Å². The van der Waals surface area contributed by atoms with Crippen LogP contribution in [0.4, 0.5) is 5.69 Å². The molecule has 1 aromatic carbocycles. The van der Waals surface area contributed by atoms with Gasteiger partial charge in [-0.1, -0.05) is 30.3 Å². The second-order valence-corrected chi connectivity index (χ2v) is 4.67. The van der Waals surface area contributed by atoms with E-state index in [1.165, 1.54) is 0 Å². The first kappa shape index (κ1) is 12.6. The van der Waals surface area contributed by atoms with Crippen LogP contribution in [0.25, 0.3) is 0 Å². The number of hydrogen-bond acceptors (Lipinski definition) is 2. The third-order valence-electron chi connectivity index (χ3n) is 2.45. The fourth-order valence-corrected chi connectivity index (χ4v) is 1.58. The van der Waals surface area contributed by atoms with Gasteiger partial charge in [0.2, 0.25) is 5.91 Å². The lowest BCUT2D eigenvalue weighted by molar-refractivity contribution is -0.115. The van der Waals surface area contributed by atoms with Gasteiger partial charge in [0.1, 0.15) is 5.38 Å². The van der Waals surface area contributed by atoms with E-state index in [4.69, 9.17) is 11.6 Å². The number of amides is 1. The predicted octanol–water partition coefficient (Wildman–Crippen LogP) is 2.50. The fraction of sp³-hybridized carbons (Fsp3) is 0.231. The summed E-state index contributed by atoms with van der Waals surface area (Å²) >= 11 is 5.68. The van der Waals surface area contributed by atoms with Crippen LogP contribution >= 0.6 is 11.6 Å². The molecule has 0 saturated heterocycles. The zero-order valence-electron chi connectivity index (χ0n) is 10.0. The summed E-state index contributed by atoms with van der Waals surface area (Å²) in [7, 11) is 0. The summed E-state index contributed by atoms with van der Waals surface area (Å²) in [4.78, 5) is 11.4. The SMILES string of the molecule is CC(Cl)C(=O)Nc1cnn(Cc2ccccc2)c1. The van der Waals surface area contributed by atoms with Gasteiger partial charge in [-0.15, -0.1) is 11.6 Å². The van der Waals surface area contributed by atoms with E-state index >= 15 is 0 Å². The Morgan fingerprint density at radius 1 is 1.44 bits per heavy atom. The molecule has 0 spiro atoms. The monoisotopic (exact) mass is 263 g/mol. The summed E-state index contributed by atoms with van der Waals surface area (Å²) in [6, 6.07) is 10.00. The number of alkyl halides is 1. The Balaban J connectivity index is 2.00. The Hall–Kier alpha value is -1.81. The molecule has 1 heterocycles. The zero-order chi connectivity index (χ0) is 13.0. The number of halogens is 1. The largest absolute Gasteiger partial charge is 0.322 e.